The SMILES string of the molecule is CN(C)CCn1ncc(Cl)c1C(NN)c1cc(Br)cs1. The van der Waals surface area contributed by atoms with Gasteiger partial charge in [0, 0.05) is 21.3 Å². The molecule has 2 heterocycles. The summed E-state index contributed by atoms with van der Waals surface area (Å²) in [5.74, 6) is 5.73. The van der Waals surface area contributed by atoms with Crippen LogP contribution >= 0.6 is 38.9 Å². The lowest BCUT2D eigenvalue weighted by molar-refractivity contribution is 0.366. The molecule has 2 aromatic rings. The van der Waals surface area contributed by atoms with Crippen molar-refractivity contribution < 1.29 is 0 Å². The Hall–Kier alpha value is -0.440. The van der Waals surface area contributed by atoms with E-state index in [0.29, 0.717) is 5.02 Å². The lowest BCUT2D eigenvalue weighted by Crippen LogP contribution is -2.31. The van der Waals surface area contributed by atoms with Crippen molar-refractivity contribution in [3.05, 3.63) is 37.7 Å². The van der Waals surface area contributed by atoms with Gasteiger partial charge in [-0.3, -0.25) is 10.5 Å². The Morgan fingerprint density at radius 1 is 1.60 bits per heavy atom. The number of aromatic nitrogens is 2. The molecule has 0 aliphatic rings. The minimum Gasteiger partial charge on any atom is -0.308 e. The Balaban J connectivity index is 2.31. The number of likely N-dealkylation sites (N-methyl/N-ethyl adjacent to an activating group) is 1. The summed E-state index contributed by atoms with van der Waals surface area (Å²) >= 11 is 11.4. The summed E-state index contributed by atoms with van der Waals surface area (Å²) in [5.41, 5.74) is 3.73. The van der Waals surface area contributed by atoms with Gasteiger partial charge in [0.15, 0.2) is 0 Å². The van der Waals surface area contributed by atoms with E-state index in [-0.39, 0.29) is 6.04 Å². The highest BCUT2D eigenvalue weighted by Crippen LogP contribution is 2.32. The zero-order chi connectivity index (χ0) is 14.7. The number of hydrogen-bond acceptors (Lipinski definition) is 5. The van der Waals surface area contributed by atoms with E-state index in [4.69, 9.17) is 17.4 Å². The van der Waals surface area contributed by atoms with E-state index < -0.39 is 0 Å². The smallest absolute Gasteiger partial charge is 0.0985 e. The Morgan fingerprint density at radius 3 is 2.90 bits per heavy atom. The van der Waals surface area contributed by atoms with Gasteiger partial charge in [0.05, 0.1) is 29.5 Å². The molecule has 3 N–H and O–H groups in total. The topological polar surface area (TPSA) is 59.1 Å². The molecule has 20 heavy (non-hydrogen) atoms. The van der Waals surface area contributed by atoms with Crippen LogP contribution in [0.25, 0.3) is 0 Å². The first kappa shape index (κ1) is 15.9. The minimum atomic E-state index is -0.163. The maximum atomic E-state index is 6.29. The molecule has 0 radical (unpaired) electrons. The Morgan fingerprint density at radius 2 is 2.35 bits per heavy atom. The number of hydrogen-bond donors (Lipinski definition) is 2. The van der Waals surface area contributed by atoms with Crippen LogP contribution in [-0.2, 0) is 6.54 Å². The number of nitrogens with two attached hydrogens (primary N) is 1. The van der Waals surface area contributed by atoms with Gasteiger partial charge in [-0.1, -0.05) is 11.6 Å². The van der Waals surface area contributed by atoms with Crippen LogP contribution in [0.15, 0.2) is 22.1 Å². The van der Waals surface area contributed by atoms with Gasteiger partial charge in [0.2, 0.25) is 0 Å². The molecule has 1 atom stereocenters. The van der Waals surface area contributed by atoms with Gasteiger partial charge in [0.25, 0.3) is 0 Å². The van der Waals surface area contributed by atoms with Gasteiger partial charge in [-0.2, -0.15) is 5.10 Å². The monoisotopic (exact) mass is 377 g/mol. The predicted molar refractivity (Wildman–Crippen MR) is 87.0 cm³/mol. The fourth-order valence-electron chi connectivity index (χ4n) is 1.91. The number of nitrogens with one attached hydrogen (secondary N) is 1. The van der Waals surface area contributed by atoms with E-state index in [1.165, 1.54) is 0 Å². The van der Waals surface area contributed by atoms with Gasteiger partial charge in [-0.25, -0.2) is 5.43 Å². The largest absolute Gasteiger partial charge is 0.308 e. The van der Waals surface area contributed by atoms with Gasteiger partial charge in [0.1, 0.15) is 0 Å². The van der Waals surface area contributed by atoms with Crippen LogP contribution < -0.4 is 11.3 Å². The molecule has 0 aliphatic carbocycles. The number of hydrazine groups is 1. The van der Waals surface area contributed by atoms with Crippen LogP contribution in [0.1, 0.15) is 16.6 Å². The third kappa shape index (κ3) is 3.60. The molecule has 110 valence electrons. The highest BCUT2D eigenvalue weighted by molar-refractivity contribution is 9.10. The Kier molecular flexibility index (Phi) is 5.59. The highest BCUT2D eigenvalue weighted by Gasteiger charge is 2.22. The lowest BCUT2D eigenvalue weighted by Gasteiger charge is -2.18. The van der Waals surface area contributed by atoms with Crippen LogP contribution in [-0.4, -0.2) is 35.3 Å². The normalized spacial score (nSPS) is 13.1. The van der Waals surface area contributed by atoms with Crippen LogP contribution in [0.2, 0.25) is 5.02 Å². The summed E-state index contributed by atoms with van der Waals surface area (Å²) in [7, 11) is 4.06. The van der Waals surface area contributed by atoms with E-state index in [9.17, 15) is 0 Å². The van der Waals surface area contributed by atoms with Crippen LogP contribution in [0.5, 0.6) is 0 Å². The van der Waals surface area contributed by atoms with E-state index in [2.05, 4.69) is 31.4 Å². The first-order valence-corrected chi connectivity index (χ1v) is 8.14. The minimum absolute atomic E-state index is 0.163. The van der Waals surface area contributed by atoms with Crippen LogP contribution in [0.3, 0.4) is 0 Å². The molecule has 0 amide bonds. The molecular weight excluding hydrogens is 362 g/mol. The average Bonchev–Trinajstić information content (AvgIpc) is 2.97. The number of nitrogens with zero attached hydrogens (tertiary/aromatic N) is 3. The molecule has 0 fully saturated rings. The average molecular weight is 379 g/mol. The first-order valence-electron chi connectivity index (χ1n) is 6.09. The molecule has 2 rings (SSSR count). The van der Waals surface area contributed by atoms with Gasteiger partial charge < -0.3 is 4.90 Å². The zero-order valence-electron chi connectivity index (χ0n) is 11.3. The molecule has 0 saturated carbocycles. The fourth-order valence-corrected chi connectivity index (χ4v) is 3.66. The maximum absolute atomic E-state index is 6.29. The second-order valence-electron chi connectivity index (χ2n) is 4.67. The molecule has 0 spiro atoms. The van der Waals surface area contributed by atoms with Crippen molar-refractivity contribution in [1.29, 1.82) is 0 Å². The van der Waals surface area contributed by atoms with E-state index in [1.54, 1.807) is 17.5 Å². The fraction of sp³-hybridized carbons (Fsp3) is 0.417. The van der Waals surface area contributed by atoms with E-state index in [1.807, 2.05) is 30.2 Å². The predicted octanol–water partition coefficient (Wildman–Crippen LogP) is 2.47. The van der Waals surface area contributed by atoms with Crippen LogP contribution in [0.4, 0.5) is 0 Å². The van der Waals surface area contributed by atoms with Crippen LogP contribution in [0, 0.1) is 0 Å². The molecule has 2 aromatic heterocycles. The summed E-state index contributed by atoms with van der Waals surface area (Å²) in [4.78, 5) is 3.19. The number of rotatable bonds is 6. The standard InChI is InChI=1S/C12H17BrClN5S/c1-18(2)3-4-19-12(9(14)6-16-19)11(17-15)10-5-8(13)7-20-10/h5-7,11,17H,3-4,15H2,1-2H3. The van der Waals surface area contributed by atoms with Crippen molar-refractivity contribution in [3.8, 4) is 0 Å². The zero-order valence-corrected chi connectivity index (χ0v) is 14.5. The Bertz CT molecular complexity index is 568. The van der Waals surface area contributed by atoms with Crippen molar-refractivity contribution in [2.75, 3.05) is 20.6 Å². The number of thiophene rings is 1. The van der Waals surface area contributed by atoms with E-state index in [0.717, 1.165) is 28.1 Å². The van der Waals surface area contributed by atoms with Crippen molar-refractivity contribution in [2.45, 2.75) is 12.6 Å². The quantitative estimate of drug-likeness (QED) is 0.599. The molecule has 0 aliphatic heterocycles. The van der Waals surface area contributed by atoms with Crippen molar-refractivity contribution in [2.24, 2.45) is 5.84 Å². The summed E-state index contributed by atoms with van der Waals surface area (Å²) in [5, 5.41) is 6.99. The maximum Gasteiger partial charge on any atom is 0.0985 e. The molecule has 0 aromatic carbocycles. The summed E-state index contributed by atoms with van der Waals surface area (Å²) in [6, 6.07) is 1.87. The van der Waals surface area contributed by atoms with Gasteiger partial charge >= 0.3 is 0 Å². The third-order valence-corrected chi connectivity index (χ3v) is 4.95. The summed E-state index contributed by atoms with van der Waals surface area (Å²) in [6.45, 7) is 1.65. The molecular formula is C12H17BrClN5S. The number of halogens is 2. The second kappa shape index (κ2) is 7.02. The van der Waals surface area contributed by atoms with Crippen molar-refractivity contribution >= 4 is 38.9 Å². The second-order valence-corrected chi connectivity index (χ2v) is 6.94. The molecule has 8 heteroatoms. The summed E-state index contributed by atoms with van der Waals surface area (Å²) < 4.78 is 2.94. The molecule has 1 unspecified atom stereocenters. The molecule has 0 bridgehead atoms. The third-order valence-electron chi connectivity index (χ3n) is 2.90. The van der Waals surface area contributed by atoms with E-state index >= 15 is 0 Å². The lowest BCUT2D eigenvalue weighted by atomic mass is 10.2. The first-order chi connectivity index (χ1) is 9.52. The van der Waals surface area contributed by atoms with Crippen molar-refractivity contribution in [3.63, 3.8) is 0 Å². The summed E-state index contributed by atoms with van der Waals surface area (Å²) in [6.07, 6.45) is 1.67. The highest BCUT2D eigenvalue weighted by atomic mass is 79.9. The van der Waals surface area contributed by atoms with Crippen molar-refractivity contribution in [1.82, 2.24) is 20.1 Å². The van der Waals surface area contributed by atoms with Gasteiger partial charge in [-0.05, 0) is 36.1 Å². The Labute approximate surface area is 135 Å². The molecule has 0 saturated heterocycles. The van der Waals surface area contributed by atoms with Gasteiger partial charge in [-0.15, -0.1) is 11.3 Å². The molecule has 5 nitrogen and oxygen atoms in total.